The number of aromatic amines is 1. The van der Waals surface area contributed by atoms with Crippen molar-refractivity contribution in [2.24, 2.45) is 0 Å². The van der Waals surface area contributed by atoms with E-state index < -0.39 is 0 Å². The number of carbonyl (C=O) groups excluding carboxylic acids is 1. The first kappa shape index (κ1) is 18.8. The number of aromatic nitrogens is 3. The van der Waals surface area contributed by atoms with Crippen LogP contribution in [0.4, 0.5) is 0 Å². The molecule has 0 saturated heterocycles. The fourth-order valence-electron chi connectivity index (χ4n) is 3.13. The zero-order valence-electron chi connectivity index (χ0n) is 15.3. The summed E-state index contributed by atoms with van der Waals surface area (Å²) < 4.78 is 5.16. The van der Waals surface area contributed by atoms with E-state index in [1.54, 1.807) is 7.11 Å². The smallest absolute Gasteiger partial charge is 0.233 e. The number of carbonyl (C=O) groups is 1. The molecule has 1 saturated carbocycles. The molecule has 7 heteroatoms. The number of hydrogen-bond donors (Lipinski definition) is 2. The van der Waals surface area contributed by atoms with E-state index in [-0.39, 0.29) is 11.2 Å². The number of thioether (sulfide) groups is 1. The maximum absolute atomic E-state index is 12.5. The SMILES string of the molecule is COc1ccc(-c2nc(S[C@@H](C)C(=O)NC3CCCCCC3)n[nH]2)cc1. The summed E-state index contributed by atoms with van der Waals surface area (Å²) in [6, 6.07) is 7.93. The predicted molar refractivity (Wildman–Crippen MR) is 103 cm³/mol. The van der Waals surface area contributed by atoms with E-state index in [1.165, 1.54) is 37.4 Å². The minimum Gasteiger partial charge on any atom is -0.497 e. The highest BCUT2D eigenvalue weighted by Gasteiger charge is 2.21. The first-order valence-electron chi connectivity index (χ1n) is 9.19. The van der Waals surface area contributed by atoms with Crippen LogP contribution in [0, 0.1) is 0 Å². The number of benzene rings is 1. The van der Waals surface area contributed by atoms with Crippen LogP contribution in [0.3, 0.4) is 0 Å². The highest BCUT2D eigenvalue weighted by atomic mass is 32.2. The van der Waals surface area contributed by atoms with Crippen LogP contribution in [0.25, 0.3) is 11.4 Å². The van der Waals surface area contributed by atoms with Crippen molar-refractivity contribution >= 4 is 17.7 Å². The van der Waals surface area contributed by atoms with Gasteiger partial charge in [0, 0.05) is 11.6 Å². The van der Waals surface area contributed by atoms with Crippen molar-refractivity contribution in [2.75, 3.05) is 7.11 Å². The lowest BCUT2D eigenvalue weighted by Crippen LogP contribution is -2.39. The van der Waals surface area contributed by atoms with Gasteiger partial charge in [-0.25, -0.2) is 4.98 Å². The summed E-state index contributed by atoms with van der Waals surface area (Å²) in [6.07, 6.45) is 7.15. The summed E-state index contributed by atoms with van der Waals surface area (Å²) in [5.41, 5.74) is 0.931. The highest BCUT2D eigenvalue weighted by molar-refractivity contribution is 8.00. The number of H-pyrrole nitrogens is 1. The first-order chi connectivity index (χ1) is 12.7. The van der Waals surface area contributed by atoms with Gasteiger partial charge in [0.25, 0.3) is 0 Å². The molecule has 6 nitrogen and oxygen atoms in total. The summed E-state index contributed by atoms with van der Waals surface area (Å²) >= 11 is 1.38. The molecule has 1 fully saturated rings. The van der Waals surface area contributed by atoms with Crippen molar-refractivity contribution in [1.29, 1.82) is 0 Å². The standard InChI is InChI=1S/C19H26N4O2S/c1-13(18(24)20-15-7-5-3-4-6-8-15)26-19-21-17(22-23-19)14-9-11-16(25-2)12-10-14/h9-13,15H,3-8H2,1-2H3,(H,20,24)(H,21,22,23)/t13-/m0/s1. The van der Waals surface area contributed by atoms with Crippen molar-refractivity contribution in [3.63, 3.8) is 0 Å². The molecule has 3 rings (SSSR count). The van der Waals surface area contributed by atoms with E-state index in [2.05, 4.69) is 20.5 Å². The topological polar surface area (TPSA) is 79.9 Å². The van der Waals surface area contributed by atoms with Gasteiger partial charge in [0.2, 0.25) is 11.1 Å². The van der Waals surface area contributed by atoms with Crippen molar-refractivity contribution in [3.8, 4) is 17.1 Å². The van der Waals surface area contributed by atoms with E-state index in [0.717, 1.165) is 24.2 Å². The lowest BCUT2D eigenvalue weighted by Gasteiger charge is -2.18. The lowest BCUT2D eigenvalue weighted by molar-refractivity contribution is -0.121. The van der Waals surface area contributed by atoms with Gasteiger partial charge in [-0.3, -0.25) is 9.89 Å². The number of amides is 1. The molecule has 1 aliphatic rings. The van der Waals surface area contributed by atoms with Gasteiger partial charge >= 0.3 is 0 Å². The lowest BCUT2D eigenvalue weighted by atomic mass is 10.1. The van der Waals surface area contributed by atoms with Crippen LogP contribution in [-0.4, -0.2) is 39.5 Å². The van der Waals surface area contributed by atoms with E-state index in [4.69, 9.17) is 4.74 Å². The van der Waals surface area contributed by atoms with Crippen molar-refractivity contribution < 1.29 is 9.53 Å². The highest BCUT2D eigenvalue weighted by Crippen LogP contribution is 2.25. The monoisotopic (exact) mass is 374 g/mol. The molecular weight excluding hydrogens is 348 g/mol. The fourth-order valence-corrected chi connectivity index (χ4v) is 3.86. The van der Waals surface area contributed by atoms with Gasteiger partial charge in [-0.05, 0) is 44.0 Å². The molecule has 0 bridgehead atoms. The summed E-state index contributed by atoms with van der Waals surface area (Å²) in [6.45, 7) is 1.90. The molecule has 0 spiro atoms. The van der Waals surface area contributed by atoms with Gasteiger partial charge < -0.3 is 10.1 Å². The maximum atomic E-state index is 12.5. The van der Waals surface area contributed by atoms with Gasteiger partial charge in [0.05, 0.1) is 12.4 Å². The molecule has 2 aromatic rings. The third kappa shape index (κ3) is 5.00. The minimum atomic E-state index is -0.224. The van der Waals surface area contributed by atoms with Crippen molar-refractivity contribution in [1.82, 2.24) is 20.5 Å². The molecule has 0 radical (unpaired) electrons. The normalized spacial score (nSPS) is 16.7. The van der Waals surface area contributed by atoms with Crippen LogP contribution >= 0.6 is 11.8 Å². The van der Waals surface area contributed by atoms with Crippen molar-refractivity contribution in [2.45, 2.75) is 61.9 Å². The number of rotatable bonds is 6. The quantitative estimate of drug-likeness (QED) is 0.594. The number of nitrogens with zero attached hydrogens (tertiary/aromatic N) is 2. The van der Waals surface area contributed by atoms with Crippen molar-refractivity contribution in [3.05, 3.63) is 24.3 Å². The van der Waals surface area contributed by atoms with Gasteiger partial charge in [0.1, 0.15) is 5.75 Å². The Kier molecular flexibility index (Phi) is 6.55. The Morgan fingerprint density at radius 2 is 1.92 bits per heavy atom. The molecular formula is C19H26N4O2S. The minimum absolute atomic E-state index is 0.0673. The summed E-state index contributed by atoms with van der Waals surface area (Å²) in [5.74, 6) is 1.55. The number of hydrogen-bond acceptors (Lipinski definition) is 5. The zero-order chi connectivity index (χ0) is 18.4. The number of methoxy groups -OCH3 is 1. The molecule has 1 atom stereocenters. The molecule has 1 aliphatic carbocycles. The Balaban J connectivity index is 1.56. The van der Waals surface area contributed by atoms with Crippen LogP contribution in [0.15, 0.2) is 29.4 Å². The fraction of sp³-hybridized carbons (Fsp3) is 0.526. The molecule has 0 aliphatic heterocycles. The maximum Gasteiger partial charge on any atom is 0.233 e. The number of ether oxygens (including phenoxy) is 1. The van der Waals surface area contributed by atoms with Gasteiger partial charge in [-0.2, -0.15) is 0 Å². The second kappa shape index (κ2) is 9.07. The number of nitrogens with one attached hydrogen (secondary N) is 2. The summed E-state index contributed by atoms with van der Waals surface area (Å²) in [5, 5.41) is 10.7. The van der Waals surface area contributed by atoms with Crippen LogP contribution in [-0.2, 0) is 4.79 Å². The first-order valence-corrected chi connectivity index (χ1v) is 10.1. The average Bonchev–Trinajstić information content (AvgIpc) is 2.97. The van der Waals surface area contributed by atoms with Crippen LogP contribution in [0.2, 0.25) is 0 Å². The Bertz CT molecular complexity index is 709. The van der Waals surface area contributed by atoms with Gasteiger partial charge in [-0.1, -0.05) is 37.4 Å². The van der Waals surface area contributed by atoms with Crippen LogP contribution in [0.1, 0.15) is 45.4 Å². The molecule has 1 amide bonds. The second-order valence-electron chi connectivity index (χ2n) is 6.65. The molecule has 140 valence electrons. The Labute approximate surface area is 158 Å². The van der Waals surface area contributed by atoms with E-state index in [1.807, 2.05) is 31.2 Å². The third-order valence-electron chi connectivity index (χ3n) is 4.68. The summed E-state index contributed by atoms with van der Waals surface area (Å²) in [4.78, 5) is 17.0. The molecule has 26 heavy (non-hydrogen) atoms. The van der Waals surface area contributed by atoms with E-state index in [0.29, 0.717) is 17.0 Å². The summed E-state index contributed by atoms with van der Waals surface area (Å²) in [7, 11) is 1.64. The molecule has 1 heterocycles. The van der Waals surface area contributed by atoms with Gasteiger partial charge in [-0.15, -0.1) is 5.10 Å². The molecule has 1 aromatic heterocycles. The Hall–Kier alpha value is -2.02. The molecule has 1 aromatic carbocycles. The largest absolute Gasteiger partial charge is 0.497 e. The third-order valence-corrected chi connectivity index (χ3v) is 5.64. The second-order valence-corrected chi connectivity index (χ2v) is 7.96. The molecule has 0 unspecified atom stereocenters. The van der Waals surface area contributed by atoms with E-state index in [9.17, 15) is 4.79 Å². The van der Waals surface area contributed by atoms with Crippen LogP contribution in [0.5, 0.6) is 5.75 Å². The molecule has 2 N–H and O–H groups in total. The predicted octanol–water partition coefficient (Wildman–Crippen LogP) is 3.80. The zero-order valence-corrected chi connectivity index (χ0v) is 16.1. The Morgan fingerprint density at radius 3 is 2.58 bits per heavy atom. The average molecular weight is 375 g/mol. The van der Waals surface area contributed by atoms with Crippen LogP contribution < -0.4 is 10.1 Å². The van der Waals surface area contributed by atoms with Gasteiger partial charge in [0.15, 0.2) is 5.82 Å². The Morgan fingerprint density at radius 1 is 1.23 bits per heavy atom. The van der Waals surface area contributed by atoms with E-state index >= 15 is 0 Å².